The smallest absolute Gasteiger partial charge is 0.334 e. The van der Waals surface area contributed by atoms with Gasteiger partial charge >= 0.3 is 5.97 Å². The summed E-state index contributed by atoms with van der Waals surface area (Å²) in [6.45, 7) is 3.22. The summed E-state index contributed by atoms with van der Waals surface area (Å²) < 4.78 is 11.6. The number of rotatable bonds is 4. The molecule has 1 unspecified atom stereocenters. The van der Waals surface area contributed by atoms with E-state index in [-0.39, 0.29) is 5.97 Å². The fourth-order valence-electron chi connectivity index (χ4n) is 2.19. The molecule has 1 fully saturated rings. The highest BCUT2D eigenvalue weighted by Gasteiger charge is 2.42. The fraction of sp³-hybridized carbons (Fsp3) is 0.500. The van der Waals surface area contributed by atoms with E-state index in [2.05, 4.69) is 21.2 Å². The van der Waals surface area contributed by atoms with Crippen LogP contribution in [0.4, 0.5) is 5.69 Å². The van der Waals surface area contributed by atoms with Gasteiger partial charge in [0.25, 0.3) is 0 Å². The molecule has 1 atom stereocenters. The maximum absolute atomic E-state index is 12.3. The molecule has 104 valence electrons. The Balaban J connectivity index is 2.23. The second-order valence-corrected chi connectivity index (χ2v) is 5.42. The second kappa shape index (κ2) is 6.39. The van der Waals surface area contributed by atoms with Crippen LogP contribution in [0.3, 0.4) is 0 Å². The molecule has 1 aliphatic heterocycles. The van der Waals surface area contributed by atoms with Crippen molar-refractivity contribution in [2.45, 2.75) is 25.3 Å². The topological polar surface area (TPSA) is 47.6 Å². The number of carbonyl (C=O) groups is 1. The van der Waals surface area contributed by atoms with Crippen LogP contribution in [0.15, 0.2) is 28.7 Å². The molecule has 0 saturated carbocycles. The van der Waals surface area contributed by atoms with Gasteiger partial charge < -0.3 is 14.8 Å². The first kappa shape index (κ1) is 14.3. The molecule has 0 aromatic heterocycles. The Hall–Kier alpha value is -1.07. The maximum atomic E-state index is 12.3. The Morgan fingerprint density at radius 2 is 2.32 bits per heavy atom. The molecule has 5 heteroatoms. The minimum absolute atomic E-state index is 0.245. The number of anilines is 1. The first-order chi connectivity index (χ1) is 9.18. The maximum Gasteiger partial charge on any atom is 0.334 e. The lowest BCUT2D eigenvalue weighted by Gasteiger charge is -2.36. The van der Waals surface area contributed by atoms with Crippen molar-refractivity contribution in [3.63, 3.8) is 0 Å². The van der Waals surface area contributed by atoms with Gasteiger partial charge in [-0.3, -0.25) is 0 Å². The van der Waals surface area contributed by atoms with Crippen LogP contribution in [0.5, 0.6) is 0 Å². The number of esters is 1. The standard InChI is InChI=1S/C14H18BrNO3/c1-2-19-13(17)14(8-5-9-18-10-14)16-12-7-4-3-6-11(12)15/h3-4,6-7,16H,2,5,8-10H2,1H3. The third-order valence-corrected chi connectivity index (χ3v) is 3.85. The highest BCUT2D eigenvalue weighted by Crippen LogP contribution is 2.30. The van der Waals surface area contributed by atoms with Crippen molar-refractivity contribution in [2.24, 2.45) is 0 Å². The zero-order chi connectivity index (χ0) is 13.7. The molecule has 0 radical (unpaired) electrons. The van der Waals surface area contributed by atoms with Crippen molar-refractivity contribution in [3.05, 3.63) is 28.7 Å². The zero-order valence-corrected chi connectivity index (χ0v) is 12.5. The van der Waals surface area contributed by atoms with Gasteiger partial charge in [0.15, 0.2) is 5.54 Å². The van der Waals surface area contributed by atoms with Crippen LogP contribution in [-0.2, 0) is 14.3 Å². The minimum Gasteiger partial charge on any atom is -0.464 e. The number of para-hydroxylation sites is 1. The zero-order valence-electron chi connectivity index (χ0n) is 10.9. The summed E-state index contributed by atoms with van der Waals surface area (Å²) in [5.41, 5.74) is 0.0963. The van der Waals surface area contributed by atoms with Gasteiger partial charge in [-0.15, -0.1) is 0 Å². The van der Waals surface area contributed by atoms with Crippen LogP contribution in [-0.4, -0.2) is 31.3 Å². The van der Waals surface area contributed by atoms with Gasteiger partial charge in [-0.2, -0.15) is 0 Å². The van der Waals surface area contributed by atoms with Crippen molar-refractivity contribution in [2.75, 3.05) is 25.1 Å². The number of nitrogens with one attached hydrogen (secondary N) is 1. The first-order valence-corrected chi connectivity index (χ1v) is 7.25. The lowest BCUT2D eigenvalue weighted by molar-refractivity contribution is -0.153. The molecule has 1 aliphatic rings. The number of carbonyl (C=O) groups excluding carboxylic acids is 1. The summed E-state index contributed by atoms with van der Waals surface area (Å²) >= 11 is 3.48. The number of hydrogen-bond acceptors (Lipinski definition) is 4. The van der Waals surface area contributed by atoms with Gasteiger partial charge in [-0.05, 0) is 47.8 Å². The van der Waals surface area contributed by atoms with Crippen molar-refractivity contribution in [1.82, 2.24) is 0 Å². The Morgan fingerprint density at radius 1 is 1.53 bits per heavy atom. The predicted molar refractivity (Wildman–Crippen MR) is 77.2 cm³/mol. The molecule has 1 heterocycles. The molecule has 1 saturated heterocycles. The average molecular weight is 328 g/mol. The van der Waals surface area contributed by atoms with Crippen LogP contribution in [0.2, 0.25) is 0 Å². The number of hydrogen-bond donors (Lipinski definition) is 1. The van der Waals surface area contributed by atoms with E-state index in [4.69, 9.17) is 9.47 Å². The fourth-order valence-corrected chi connectivity index (χ4v) is 2.58. The Morgan fingerprint density at radius 3 is 2.95 bits per heavy atom. The Bertz CT molecular complexity index is 444. The second-order valence-electron chi connectivity index (χ2n) is 4.56. The molecular formula is C14H18BrNO3. The van der Waals surface area contributed by atoms with Crippen LogP contribution in [0.25, 0.3) is 0 Å². The third kappa shape index (κ3) is 3.28. The SMILES string of the molecule is CCOC(=O)C1(Nc2ccccc2Br)CCCOC1. The van der Waals surface area contributed by atoms with Crippen LogP contribution in [0, 0.1) is 0 Å². The van der Waals surface area contributed by atoms with Crippen molar-refractivity contribution in [3.8, 4) is 0 Å². The summed E-state index contributed by atoms with van der Waals surface area (Å²) in [5.74, 6) is -0.245. The molecule has 0 bridgehead atoms. The van der Waals surface area contributed by atoms with E-state index in [1.807, 2.05) is 31.2 Å². The van der Waals surface area contributed by atoms with E-state index in [9.17, 15) is 4.79 Å². The van der Waals surface area contributed by atoms with Crippen LogP contribution < -0.4 is 5.32 Å². The summed E-state index contributed by atoms with van der Waals surface area (Å²) in [7, 11) is 0. The van der Waals surface area contributed by atoms with Crippen LogP contribution >= 0.6 is 15.9 Å². The highest BCUT2D eigenvalue weighted by molar-refractivity contribution is 9.10. The van der Waals surface area contributed by atoms with E-state index in [0.29, 0.717) is 26.2 Å². The number of benzene rings is 1. The van der Waals surface area contributed by atoms with Gasteiger partial charge in [0.05, 0.1) is 13.2 Å². The van der Waals surface area contributed by atoms with Gasteiger partial charge in [-0.25, -0.2) is 4.79 Å². The van der Waals surface area contributed by atoms with Gasteiger partial charge in [0.1, 0.15) is 0 Å². The van der Waals surface area contributed by atoms with Gasteiger partial charge in [0, 0.05) is 16.8 Å². The molecule has 1 aromatic carbocycles. The number of ether oxygens (including phenoxy) is 2. The molecule has 0 spiro atoms. The Labute approximate surface area is 121 Å². The van der Waals surface area contributed by atoms with E-state index >= 15 is 0 Å². The molecule has 2 rings (SSSR count). The van der Waals surface area contributed by atoms with Crippen LogP contribution in [0.1, 0.15) is 19.8 Å². The van der Waals surface area contributed by atoms with E-state index in [1.54, 1.807) is 0 Å². The summed E-state index contributed by atoms with van der Waals surface area (Å²) in [5, 5.41) is 3.30. The minimum atomic E-state index is -0.780. The average Bonchev–Trinajstić information content (AvgIpc) is 2.43. The van der Waals surface area contributed by atoms with Crippen molar-refractivity contribution < 1.29 is 14.3 Å². The van der Waals surface area contributed by atoms with E-state index in [0.717, 1.165) is 16.6 Å². The highest BCUT2D eigenvalue weighted by atomic mass is 79.9. The molecule has 0 amide bonds. The molecule has 4 nitrogen and oxygen atoms in total. The normalized spacial score (nSPS) is 22.8. The summed E-state index contributed by atoms with van der Waals surface area (Å²) in [6, 6.07) is 7.73. The van der Waals surface area contributed by atoms with Gasteiger partial charge in [-0.1, -0.05) is 12.1 Å². The lowest BCUT2D eigenvalue weighted by Crippen LogP contribution is -2.53. The lowest BCUT2D eigenvalue weighted by atomic mass is 9.92. The first-order valence-electron chi connectivity index (χ1n) is 6.45. The quantitative estimate of drug-likeness (QED) is 0.864. The monoisotopic (exact) mass is 327 g/mol. The largest absolute Gasteiger partial charge is 0.464 e. The Kier molecular flexibility index (Phi) is 4.82. The predicted octanol–water partition coefficient (Wildman–Crippen LogP) is 2.97. The van der Waals surface area contributed by atoms with Crippen molar-refractivity contribution >= 4 is 27.6 Å². The molecule has 1 N–H and O–H groups in total. The third-order valence-electron chi connectivity index (χ3n) is 3.15. The number of halogens is 1. The molecular weight excluding hydrogens is 310 g/mol. The van der Waals surface area contributed by atoms with Gasteiger partial charge in [0.2, 0.25) is 0 Å². The summed E-state index contributed by atoms with van der Waals surface area (Å²) in [4.78, 5) is 12.3. The summed E-state index contributed by atoms with van der Waals surface area (Å²) in [6.07, 6.45) is 1.56. The molecule has 1 aromatic rings. The van der Waals surface area contributed by atoms with E-state index in [1.165, 1.54) is 0 Å². The molecule has 0 aliphatic carbocycles. The van der Waals surface area contributed by atoms with E-state index < -0.39 is 5.54 Å². The molecule has 19 heavy (non-hydrogen) atoms. The van der Waals surface area contributed by atoms with Crippen molar-refractivity contribution in [1.29, 1.82) is 0 Å².